The van der Waals surface area contributed by atoms with Crippen molar-refractivity contribution in [2.75, 3.05) is 0 Å². The lowest BCUT2D eigenvalue weighted by Gasteiger charge is -2.41. The van der Waals surface area contributed by atoms with E-state index in [0.29, 0.717) is 0 Å². The van der Waals surface area contributed by atoms with Gasteiger partial charge in [0, 0.05) is 28.6 Å². The van der Waals surface area contributed by atoms with E-state index in [4.69, 9.17) is 9.40 Å². The molecule has 5 aromatic rings. The van der Waals surface area contributed by atoms with Gasteiger partial charge in [0.25, 0.3) is 0 Å². The number of aryl methyl sites for hydroxylation is 2. The van der Waals surface area contributed by atoms with Crippen LogP contribution in [0.25, 0.3) is 44.0 Å². The molecule has 0 aliphatic heterocycles. The third-order valence-corrected chi connectivity index (χ3v) is 7.91. The molecule has 1 aliphatic rings. The zero-order chi connectivity index (χ0) is 23.1. The first-order valence-electron chi connectivity index (χ1n) is 11.9. The Balaban J connectivity index is 1.76. The van der Waals surface area contributed by atoms with Crippen LogP contribution in [0, 0.1) is 6.92 Å². The molecule has 0 spiro atoms. The first-order chi connectivity index (χ1) is 15.7. The van der Waals surface area contributed by atoms with Crippen molar-refractivity contribution in [1.29, 1.82) is 0 Å². The van der Waals surface area contributed by atoms with Gasteiger partial charge in [-0.3, -0.25) is 4.98 Å². The van der Waals surface area contributed by atoms with E-state index in [-0.39, 0.29) is 10.8 Å². The van der Waals surface area contributed by atoms with Crippen LogP contribution in [0.15, 0.2) is 59.3 Å². The van der Waals surface area contributed by atoms with Crippen LogP contribution in [0.4, 0.5) is 0 Å². The van der Waals surface area contributed by atoms with Crippen molar-refractivity contribution in [1.82, 2.24) is 4.98 Å². The summed E-state index contributed by atoms with van der Waals surface area (Å²) in [6.45, 7) is 11.6. The van der Waals surface area contributed by atoms with Crippen LogP contribution >= 0.6 is 0 Å². The number of rotatable bonds is 1. The molecule has 0 N–H and O–H groups in total. The Bertz CT molecular complexity index is 1590. The number of benzene rings is 2. The van der Waals surface area contributed by atoms with Crippen molar-refractivity contribution >= 4 is 32.7 Å². The van der Waals surface area contributed by atoms with Gasteiger partial charge in [0.1, 0.15) is 18.2 Å². The maximum atomic E-state index is 6.64. The number of hydrogen-bond donors (Lipinski definition) is 0. The van der Waals surface area contributed by atoms with E-state index >= 15 is 0 Å². The van der Waals surface area contributed by atoms with Gasteiger partial charge in [0.15, 0.2) is 11.8 Å². The average Bonchev–Trinajstić information content (AvgIpc) is 3.13. The lowest BCUT2D eigenvalue weighted by Crippen LogP contribution is -2.41. The van der Waals surface area contributed by atoms with Crippen LogP contribution in [0.5, 0.6) is 0 Å². The molecule has 1 aliphatic carbocycles. The molecule has 0 saturated heterocycles. The van der Waals surface area contributed by atoms with Gasteiger partial charge in [-0.15, -0.1) is 0 Å². The minimum absolute atomic E-state index is 0.0779. The highest BCUT2D eigenvalue weighted by molar-refractivity contribution is 6.13. The second kappa shape index (κ2) is 6.66. The van der Waals surface area contributed by atoms with Crippen molar-refractivity contribution in [3.63, 3.8) is 0 Å². The fourth-order valence-corrected chi connectivity index (χ4v) is 5.87. The van der Waals surface area contributed by atoms with E-state index in [1.54, 1.807) is 0 Å². The number of nitrogens with zero attached hydrogens (tertiary/aromatic N) is 2. The predicted molar refractivity (Wildman–Crippen MR) is 136 cm³/mol. The topological polar surface area (TPSA) is 29.9 Å². The van der Waals surface area contributed by atoms with Crippen LogP contribution in [0.2, 0.25) is 0 Å². The number of aromatic nitrogens is 2. The quantitative estimate of drug-likeness (QED) is 0.259. The molecule has 0 fully saturated rings. The van der Waals surface area contributed by atoms with Crippen LogP contribution < -0.4 is 4.57 Å². The summed E-state index contributed by atoms with van der Waals surface area (Å²) in [7, 11) is 2.16. The first kappa shape index (κ1) is 20.4. The molecule has 2 aromatic carbocycles. The van der Waals surface area contributed by atoms with Gasteiger partial charge in [-0.05, 0) is 59.1 Å². The molecular weight excluding hydrogens is 404 g/mol. The Hall–Kier alpha value is -3.20. The van der Waals surface area contributed by atoms with E-state index < -0.39 is 0 Å². The summed E-state index contributed by atoms with van der Waals surface area (Å²) < 4.78 is 8.91. The highest BCUT2D eigenvalue weighted by Crippen LogP contribution is 2.49. The molecule has 0 amide bonds. The summed E-state index contributed by atoms with van der Waals surface area (Å²) in [5.74, 6) is 0. The van der Waals surface area contributed by atoms with Crippen LogP contribution in [0.3, 0.4) is 0 Å². The van der Waals surface area contributed by atoms with Gasteiger partial charge in [0.2, 0.25) is 5.69 Å². The zero-order valence-electron chi connectivity index (χ0n) is 20.4. The fourth-order valence-electron chi connectivity index (χ4n) is 5.87. The van der Waals surface area contributed by atoms with Crippen LogP contribution in [-0.2, 0) is 17.9 Å². The Morgan fingerprint density at radius 2 is 1.61 bits per heavy atom. The van der Waals surface area contributed by atoms with Gasteiger partial charge in [-0.25, -0.2) is 4.57 Å². The molecular formula is C30H31N2O+. The third kappa shape index (κ3) is 2.88. The van der Waals surface area contributed by atoms with Crippen LogP contribution in [0.1, 0.15) is 57.4 Å². The average molecular weight is 436 g/mol. The Morgan fingerprint density at radius 1 is 0.909 bits per heavy atom. The maximum absolute atomic E-state index is 6.64. The highest BCUT2D eigenvalue weighted by Gasteiger charge is 2.43. The van der Waals surface area contributed by atoms with E-state index in [9.17, 15) is 0 Å². The third-order valence-electron chi connectivity index (χ3n) is 7.91. The van der Waals surface area contributed by atoms with Crippen molar-refractivity contribution in [2.24, 2.45) is 7.05 Å². The summed E-state index contributed by atoms with van der Waals surface area (Å²) in [4.78, 5) is 4.89. The highest BCUT2D eigenvalue weighted by atomic mass is 16.3. The lowest BCUT2D eigenvalue weighted by molar-refractivity contribution is -0.661. The molecule has 0 bridgehead atoms. The lowest BCUT2D eigenvalue weighted by atomic mass is 9.62. The molecule has 0 radical (unpaired) electrons. The van der Waals surface area contributed by atoms with Gasteiger partial charge >= 0.3 is 0 Å². The number of hydrogen-bond acceptors (Lipinski definition) is 2. The van der Waals surface area contributed by atoms with E-state index in [1.165, 1.54) is 34.0 Å². The fraction of sp³-hybridized carbons (Fsp3) is 0.333. The molecule has 0 atom stereocenters. The standard InChI is InChI=1S/C30H31N2O/c1-18-25(27-26-23(11-14-32(27)6)29(2,3)12-13-30(26,4)5)28-22(17-31-18)21-15-19-9-7-8-10-20(19)16-24(21)33-28/h7-11,14-17H,12-13H2,1-6H3/q+1. The molecule has 3 heteroatoms. The van der Waals surface area contributed by atoms with Crippen molar-refractivity contribution < 1.29 is 8.98 Å². The molecule has 0 saturated carbocycles. The van der Waals surface area contributed by atoms with Gasteiger partial charge in [0.05, 0.1) is 5.69 Å². The predicted octanol–water partition coefficient (Wildman–Crippen LogP) is 7.28. The summed E-state index contributed by atoms with van der Waals surface area (Å²) in [6.07, 6.45) is 6.56. The molecule has 166 valence electrons. The number of furan rings is 1. The smallest absolute Gasteiger partial charge is 0.222 e. The second-order valence-corrected chi connectivity index (χ2v) is 11.1. The van der Waals surface area contributed by atoms with E-state index in [2.05, 4.69) is 94.9 Å². The molecule has 3 heterocycles. The SMILES string of the molecule is Cc1ncc2c(oc3cc4ccccc4cc32)c1-c1c2c(cc[n+]1C)C(C)(C)CCC2(C)C. The van der Waals surface area contributed by atoms with Crippen molar-refractivity contribution in [3.05, 3.63) is 71.7 Å². The molecule has 3 nitrogen and oxygen atoms in total. The van der Waals surface area contributed by atoms with E-state index in [1.807, 2.05) is 6.20 Å². The largest absolute Gasteiger partial charge is 0.455 e. The number of fused-ring (bicyclic) bond motifs is 5. The normalized spacial score (nSPS) is 17.0. The second-order valence-electron chi connectivity index (χ2n) is 11.1. The molecule has 33 heavy (non-hydrogen) atoms. The summed E-state index contributed by atoms with van der Waals surface area (Å²) >= 11 is 0. The Kier molecular flexibility index (Phi) is 4.12. The van der Waals surface area contributed by atoms with Crippen LogP contribution in [-0.4, -0.2) is 4.98 Å². The van der Waals surface area contributed by atoms with E-state index in [0.717, 1.165) is 39.6 Å². The summed E-state index contributed by atoms with van der Waals surface area (Å²) in [5.41, 5.74) is 8.34. The van der Waals surface area contributed by atoms with Gasteiger partial charge in [-0.2, -0.15) is 0 Å². The summed E-state index contributed by atoms with van der Waals surface area (Å²) in [6, 6.07) is 15.2. The van der Waals surface area contributed by atoms with Crippen molar-refractivity contribution in [2.45, 2.75) is 58.3 Å². The molecule has 6 rings (SSSR count). The zero-order valence-corrected chi connectivity index (χ0v) is 20.4. The summed E-state index contributed by atoms with van der Waals surface area (Å²) in [5, 5.41) is 4.63. The minimum Gasteiger partial charge on any atom is -0.455 e. The maximum Gasteiger partial charge on any atom is 0.222 e. The monoisotopic (exact) mass is 435 g/mol. The molecule has 3 aromatic heterocycles. The Labute approximate surface area is 195 Å². The Morgan fingerprint density at radius 3 is 2.36 bits per heavy atom. The van der Waals surface area contributed by atoms with Gasteiger partial charge < -0.3 is 4.42 Å². The van der Waals surface area contributed by atoms with Crippen molar-refractivity contribution in [3.8, 4) is 11.3 Å². The first-order valence-corrected chi connectivity index (χ1v) is 11.9. The minimum atomic E-state index is 0.0779. The van der Waals surface area contributed by atoms with Gasteiger partial charge in [-0.1, -0.05) is 52.0 Å². The molecule has 0 unspecified atom stereocenters. The number of pyridine rings is 2.